The SMILES string of the molecule is FCCCCCCc1cc(F)c(-c2ccc(C(F)C(F)F)c(F)c2)c(F)c1. The molecular weight excluding hydrogens is 373 g/mol. The van der Waals surface area contributed by atoms with Crippen molar-refractivity contribution in [3.8, 4) is 11.1 Å². The highest BCUT2D eigenvalue weighted by atomic mass is 19.3. The Hall–Kier alpha value is -2.05. The molecule has 0 saturated heterocycles. The molecule has 0 amide bonds. The van der Waals surface area contributed by atoms with Gasteiger partial charge in [0.25, 0.3) is 6.43 Å². The van der Waals surface area contributed by atoms with E-state index in [2.05, 4.69) is 0 Å². The molecule has 0 aliphatic heterocycles. The van der Waals surface area contributed by atoms with E-state index in [1.165, 1.54) is 0 Å². The third-order valence-electron chi connectivity index (χ3n) is 4.26. The molecule has 2 rings (SSSR count). The van der Waals surface area contributed by atoms with Crippen LogP contribution in [0.25, 0.3) is 11.1 Å². The number of unbranched alkanes of at least 4 members (excludes halogenated alkanes) is 3. The van der Waals surface area contributed by atoms with Crippen LogP contribution >= 0.6 is 0 Å². The van der Waals surface area contributed by atoms with Crippen LogP contribution in [0.1, 0.15) is 43.0 Å². The number of alkyl halides is 4. The van der Waals surface area contributed by atoms with E-state index in [1.807, 2.05) is 0 Å². The Morgan fingerprint density at radius 1 is 0.741 bits per heavy atom. The molecule has 7 heteroatoms. The first-order valence-corrected chi connectivity index (χ1v) is 8.61. The highest BCUT2D eigenvalue weighted by molar-refractivity contribution is 5.66. The largest absolute Gasteiger partial charge is 0.273 e. The third-order valence-corrected chi connectivity index (χ3v) is 4.26. The van der Waals surface area contributed by atoms with Crippen molar-refractivity contribution < 1.29 is 30.7 Å². The van der Waals surface area contributed by atoms with Gasteiger partial charge in [0.2, 0.25) is 0 Å². The van der Waals surface area contributed by atoms with Gasteiger partial charge in [-0.1, -0.05) is 25.0 Å². The average Bonchev–Trinajstić information content (AvgIpc) is 2.60. The van der Waals surface area contributed by atoms with Gasteiger partial charge in [-0.3, -0.25) is 4.39 Å². The number of benzene rings is 2. The molecule has 0 spiro atoms. The molecule has 0 saturated carbocycles. The average molecular weight is 392 g/mol. The van der Waals surface area contributed by atoms with Crippen LogP contribution in [-0.2, 0) is 6.42 Å². The van der Waals surface area contributed by atoms with Crippen molar-refractivity contribution in [1.29, 1.82) is 0 Å². The molecular formula is C20H19F7. The standard InChI is InChI=1S/C20H19F7/c21-8-4-2-1-3-5-12-9-16(23)18(17(24)10-12)13-6-7-14(15(22)11-13)19(25)20(26)27/h6-7,9-11,19-20H,1-5,8H2. The summed E-state index contributed by atoms with van der Waals surface area (Å²) in [6, 6.07) is 4.65. The highest BCUT2D eigenvalue weighted by Crippen LogP contribution is 2.33. The molecule has 0 nitrogen and oxygen atoms in total. The van der Waals surface area contributed by atoms with Crippen LogP contribution < -0.4 is 0 Å². The summed E-state index contributed by atoms with van der Waals surface area (Å²) in [5, 5.41) is 0. The highest BCUT2D eigenvalue weighted by Gasteiger charge is 2.25. The quantitative estimate of drug-likeness (QED) is 0.315. The molecule has 0 radical (unpaired) electrons. The summed E-state index contributed by atoms with van der Waals surface area (Å²) < 4.78 is 92.7. The van der Waals surface area contributed by atoms with Crippen LogP contribution in [0.2, 0.25) is 0 Å². The van der Waals surface area contributed by atoms with Crippen LogP contribution in [-0.4, -0.2) is 13.1 Å². The lowest BCUT2D eigenvalue weighted by molar-refractivity contribution is 0.0476. The monoisotopic (exact) mass is 392 g/mol. The van der Waals surface area contributed by atoms with Crippen molar-refractivity contribution in [3.63, 3.8) is 0 Å². The van der Waals surface area contributed by atoms with Gasteiger partial charge in [-0.15, -0.1) is 0 Å². The summed E-state index contributed by atoms with van der Waals surface area (Å²) in [4.78, 5) is 0. The second kappa shape index (κ2) is 9.76. The van der Waals surface area contributed by atoms with Gasteiger partial charge < -0.3 is 0 Å². The Morgan fingerprint density at radius 2 is 1.37 bits per heavy atom. The maximum atomic E-state index is 14.3. The van der Waals surface area contributed by atoms with E-state index >= 15 is 0 Å². The van der Waals surface area contributed by atoms with Gasteiger partial charge in [-0.2, -0.15) is 0 Å². The Morgan fingerprint density at radius 3 is 1.93 bits per heavy atom. The minimum atomic E-state index is -3.40. The number of rotatable bonds is 9. The van der Waals surface area contributed by atoms with Crippen LogP contribution in [0.3, 0.4) is 0 Å². The maximum Gasteiger partial charge on any atom is 0.273 e. The molecule has 148 valence electrons. The summed E-state index contributed by atoms with van der Waals surface area (Å²) in [6.07, 6.45) is -3.28. The fourth-order valence-corrected chi connectivity index (χ4v) is 2.86. The zero-order chi connectivity index (χ0) is 20.0. The first-order chi connectivity index (χ1) is 12.8. The first kappa shape index (κ1) is 21.3. The van der Waals surface area contributed by atoms with Crippen LogP contribution in [0.15, 0.2) is 30.3 Å². The fourth-order valence-electron chi connectivity index (χ4n) is 2.86. The van der Waals surface area contributed by atoms with Crippen molar-refractivity contribution >= 4 is 0 Å². The van der Waals surface area contributed by atoms with E-state index < -0.39 is 47.9 Å². The molecule has 0 heterocycles. The summed E-state index contributed by atoms with van der Waals surface area (Å²) in [7, 11) is 0. The molecule has 1 unspecified atom stereocenters. The van der Waals surface area contributed by atoms with Gasteiger partial charge in [0.05, 0.1) is 12.2 Å². The molecule has 0 fully saturated rings. The molecule has 2 aromatic rings. The van der Waals surface area contributed by atoms with Gasteiger partial charge in [0.1, 0.15) is 17.5 Å². The van der Waals surface area contributed by atoms with Gasteiger partial charge >= 0.3 is 0 Å². The predicted octanol–water partition coefficient (Wildman–Crippen LogP) is 7.12. The van der Waals surface area contributed by atoms with Gasteiger partial charge in [0, 0.05) is 5.56 Å². The van der Waals surface area contributed by atoms with Gasteiger partial charge in [-0.25, -0.2) is 26.3 Å². The molecule has 0 bridgehead atoms. The summed E-state index contributed by atoms with van der Waals surface area (Å²) in [5.41, 5.74) is -1.16. The molecule has 0 aliphatic carbocycles. The lowest BCUT2D eigenvalue weighted by Gasteiger charge is -2.12. The molecule has 2 aromatic carbocycles. The van der Waals surface area contributed by atoms with Crippen molar-refractivity contribution in [3.05, 3.63) is 58.9 Å². The molecule has 1 atom stereocenters. The fraction of sp³-hybridized carbons (Fsp3) is 0.400. The summed E-state index contributed by atoms with van der Waals surface area (Å²) in [5.74, 6) is -3.14. The van der Waals surface area contributed by atoms with Crippen molar-refractivity contribution in [2.75, 3.05) is 6.67 Å². The lowest BCUT2D eigenvalue weighted by Crippen LogP contribution is -2.06. The zero-order valence-electron chi connectivity index (χ0n) is 14.4. The summed E-state index contributed by atoms with van der Waals surface area (Å²) >= 11 is 0. The van der Waals surface area contributed by atoms with E-state index in [0.29, 0.717) is 37.3 Å². The molecule has 0 aromatic heterocycles. The molecule has 0 N–H and O–H groups in total. The normalized spacial score (nSPS) is 12.6. The van der Waals surface area contributed by atoms with Gasteiger partial charge in [0.15, 0.2) is 6.17 Å². The molecule has 0 aliphatic rings. The van der Waals surface area contributed by atoms with Crippen LogP contribution in [0.5, 0.6) is 0 Å². The van der Waals surface area contributed by atoms with Crippen molar-refractivity contribution in [2.45, 2.75) is 44.7 Å². The predicted molar refractivity (Wildman–Crippen MR) is 89.8 cm³/mol. The minimum Gasteiger partial charge on any atom is -0.251 e. The lowest BCUT2D eigenvalue weighted by atomic mass is 9.98. The van der Waals surface area contributed by atoms with E-state index in [0.717, 1.165) is 30.7 Å². The topological polar surface area (TPSA) is 0 Å². The maximum absolute atomic E-state index is 14.3. The van der Waals surface area contributed by atoms with Crippen LogP contribution in [0, 0.1) is 17.5 Å². The smallest absolute Gasteiger partial charge is 0.251 e. The minimum absolute atomic E-state index is 0.206. The van der Waals surface area contributed by atoms with Crippen molar-refractivity contribution in [1.82, 2.24) is 0 Å². The van der Waals surface area contributed by atoms with Gasteiger partial charge in [-0.05, 0) is 48.6 Å². The Balaban J connectivity index is 2.20. The van der Waals surface area contributed by atoms with Crippen LogP contribution in [0.4, 0.5) is 30.7 Å². The Bertz CT molecular complexity index is 735. The number of halogens is 7. The number of aryl methyl sites for hydroxylation is 1. The van der Waals surface area contributed by atoms with E-state index in [9.17, 15) is 30.7 Å². The Labute approximate surface area is 153 Å². The van der Waals surface area contributed by atoms with Crippen molar-refractivity contribution in [2.24, 2.45) is 0 Å². The third kappa shape index (κ3) is 5.47. The Kier molecular flexibility index (Phi) is 7.68. The second-order valence-corrected chi connectivity index (χ2v) is 6.26. The summed E-state index contributed by atoms with van der Waals surface area (Å²) in [6.45, 7) is -0.395. The van der Waals surface area contributed by atoms with E-state index in [4.69, 9.17) is 0 Å². The van der Waals surface area contributed by atoms with E-state index in [1.54, 1.807) is 0 Å². The van der Waals surface area contributed by atoms with E-state index in [-0.39, 0.29) is 5.56 Å². The molecule has 27 heavy (non-hydrogen) atoms. The second-order valence-electron chi connectivity index (χ2n) is 6.26. The number of hydrogen-bond donors (Lipinski definition) is 0. The zero-order valence-corrected chi connectivity index (χ0v) is 14.4. The number of hydrogen-bond acceptors (Lipinski definition) is 0. The first-order valence-electron chi connectivity index (χ1n) is 8.61.